The van der Waals surface area contributed by atoms with E-state index in [2.05, 4.69) is 15.5 Å². The number of carboxylic acids is 1. The Hall–Kier alpha value is -1.46. The molecule has 6 heteroatoms. The number of rotatable bonds is 5. The van der Waals surface area contributed by atoms with Gasteiger partial charge in [-0.05, 0) is 36.6 Å². The van der Waals surface area contributed by atoms with Crippen LogP contribution in [0.15, 0.2) is 0 Å². The van der Waals surface area contributed by atoms with Crippen molar-refractivity contribution >= 4 is 5.97 Å². The van der Waals surface area contributed by atoms with Crippen molar-refractivity contribution in [3.63, 3.8) is 0 Å². The normalized spacial score (nSPS) is 17.6. The molecule has 1 heterocycles. The number of carbonyl (C=O) groups is 1. The van der Waals surface area contributed by atoms with E-state index in [1.54, 1.807) is 13.8 Å². The zero-order chi connectivity index (χ0) is 13.9. The third-order valence-corrected chi connectivity index (χ3v) is 4.09. The number of tetrazole rings is 1. The monoisotopic (exact) mass is 266 g/mol. The summed E-state index contributed by atoms with van der Waals surface area (Å²) in [4.78, 5) is 11.3. The highest BCUT2D eigenvalue weighted by atomic mass is 16.4. The van der Waals surface area contributed by atoms with Crippen molar-refractivity contribution in [2.75, 3.05) is 0 Å². The highest BCUT2D eigenvalue weighted by molar-refractivity contribution is 5.75. The van der Waals surface area contributed by atoms with Crippen LogP contribution in [0.3, 0.4) is 0 Å². The SMILES string of the molecule is CC(C)(C(=O)O)n1nnnc1CCC1CCCCC1. The van der Waals surface area contributed by atoms with E-state index in [0.717, 1.165) is 18.8 Å². The van der Waals surface area contributed by atoms with Crippen molar-refractivity contribution in [3.8, 4) is 0 Å². The van der Waals surface area contributed by atoms with E-state index in [9.17, 15) is 9.90 Å². The summed E-state index contributed by atoms with van der Waals surface area (Å²) in [5, 5.41) is 20.7. The van der Waals surface area contributed by atoms with Gasteiger partial charge in [0.2, 0.25) is 0 Å². The van der Waals surface area contributed by atoms with Gasteiger partial charge in [-0.3, -0.25) is 0 Å². The largest absolute Gasteiger partial charge is 0.479 e. The fourth-order valence-electron chi connectivity index (χ4n) is 2.70. The average Bonchev–Trinajstić information content (AvgIpc) is 2.86. The number of aromatic nitrogens is 4. The summed E-state index contributed by atoms with van der Waals surface area (Å²) in [5.41, 5.74) is -1.09. The summed E-state index contributed by atoms with van der Waals surface area (Å²) >= 11 is 0. The fraction of sp³-hybridized carbons (Fsp3) is 0.846. The van der Waals surface area contributed by atoms with Gasteiger partial charge in [0.1, 0.15) is 0 Å². The van der Waals surface area contributed by atoms with Crippen LogP contribution in [0.25, 0.3) is 0 Å². The molecule has 19 heavy (non-hydrogen) atoms. The van der Waals surface area contributed by atoms with Gasteiger partial charge in [-0.15, -0.1) is 5.10 Å². The zero-order valence-corrected chi connectivity index (χ0v) is 11.7. The molecule has 2 rings (SSSR count). The molecule has 0 saturated heterocycles. The maximum atomic E-state index is 11.3. The van der Waals surface area contributed by atoms with Gasteiger partial charge in [-0.2, -0.15) is 0 Å². The highest BCUT2D eigenvalue weighted by Crippen LogP contribution is 2.27. The lowest BCUT2D eigenvalue weighted by Gasteiger charge is -2.23. The van der Waals surface area contributed by atoms with Gasteiger partial charge in [0.05, 0.1) is 0 Å². The van der Waals surface area contributed by atoms with Gasteiger partial charge >= 0.3 is 5.97 Å². The molecule has 1 fully saturated rings. The second kappa shape index (κ2) is 5.67. The number of aryl methyl sites for hydroxylation is 1. The highest BCUT2D eigenvalue weighted by Gasteiger charge is 2.33. The van der Waals surface area contributed by atoms with Crippen LogP contribution in [0.5, 0.6) is 0 Å². The smallest absolute Gasteiger partial charge is 0.331 e. The molecular weight excluding hydrogens is 244 g/mol. The minimum Gasteiger partial charge on any atom is -0.479 e. The molecule has 1 saturated carbocycles. The third-order valence-electron chi connectivity index (χ3n) is 4.09. The Morgan fingerprint density at radius 2 is 2.05 bits per heavy atom. The van der Waals surface area contributed by atoms with Gasteiger partial charge < -0.3 is 5.11 Å². The third kappa shape index (κ3) is 3.11. The summed E-state index contributed by atoms with van der Waals surface area (Å²) in [5.74, 6) is 0.503. The Labute approximate surface area is 113 Å². The topological polar surface area (TPSA) is 80.9 Å². The van der Waals surface area contributed by atoms with Crippen molar-refractivity contribution in [2.45, 2.75) is 64.3 Å². The first kappa shape index (κ1) is 14.0. The van der Waals surface area contributed by atoms with Crippen LogP contribution in [-0.2, 0) is 16.8 Å². The molecule has 6 nitrogen and oxygen atoms in total. The van der Waals surface area contributed by atoms with E-state index in [1.807, 2.05) is 0 Å². The molecule has 0 unspecified atom stereocenters. The summed E-state index contributed by atoms with van der Waals surface area (Å²) < 4.78 is 1.44. The lowest BCUT2D eigenvalue weighted by molar-refractivity contribution is -0.146. The maximum absolute atomic E-state index is 11.3. The minimum absolute atomic E-state index is 0.679. The van der Waals surface area contributed by atoms with Gasteiger partial charge in [0.25, 0.3) is 0 Å². The molecule has 0 amide bonds. The molecule has 0 atom stereocenters. The van der Waals surface area contributed by atoms with Crippen molar-refractivity contribution in [2.24, 2.45) is 5.92 Å². The number of aliphatic carboxylic acids is 1. The molecule has 0 bridgehead atoms. The van der Waals surface area contributed by atoms with E-state index < -0.39 is 11.5 Å². The number of carboxylic acid groups (broad SMARTS) is 1. The van der Waals surface area contributed by atoms with Crippen molar-refractivity contribution in [1.29, 1.82) is 0 Å². The Morgan fingerprint density at radius 3 is 2.68 bits per heavy atom. The second-order valence-electron chi connectivity index (χ2n) is 5.91. The Kier molecular flexibility index (Phi) is 4.17. The van der Waals surface area contributed by atoms with E-state index in [0.29, 0.717) is 5.82 Å². The van der Waals surface area contributed by atoms with Crippen LogP contribution >= 0.6 is 0 Å². The number of hydrogen-bond acceptors (Lipinski definition) is 4. The number of nitrogens with zero attached hydrogens (tertiary/aromatic N) is 4. The van der Waals surface area contributed by atoms with Crippen LogP contribution < -0.4 is 0 Å². The minimum atomic E-state index is -1.09. The van der Waals surface area contributed by atoms with E-state index in [4.69, 9.17) is 0 Å². The molecule has 1 N–H and O–H groups in total. The van der Waals surface area contributed by atoms with E-state index in [1.165, 1.54) is 36.8 Å². The molecule has 1 aliphatic carbocycles. The van der Waals surface area contributed by atoms with Crippen LogP contribution in [0.1, 0.15) is 58.2 Å². The Morgan fingerprint density at radius 1 is 1.37 bits per heavy atom. The van der Waals surface area contributed by atoms with E-state index in [-0.39, 0.29) is 0 Å². The van der Waals surface area contributed by atoms with Crippen LogP contribution in [0.4, 0.5) is 0 Å². The summed E-state index contributed by atoms with van der Waals surface area (Å²) in [7, 11) is 0. The Balaban J connectivity index is 2.01. The molecule has 1 aliphatic rings. The molecule has 0 aromatic carbocycles. The van der Waals surface area contributed by atoms with Crippen molar-refractivity contribution < 1.29 is 9.90 Å². The predicted octanol–water partition coefficient (Wildman–Crippen LogP) is 2.01. The van der Waals surface area contributed by atoms with Gasteiger partial charge in [-0.25, -0.2) is 9.48 Å². The van der Waals surface area contributed by atoms with E-state index >= 15 is 0 Å². The maximum Gasteiger partial charge on any atom is 0.331 e. The molecule has 1 aromatic heterocycles. The fourth-order valence-corrected chi connectivity index (χ4v) is 2.70. The lowest BCUT2D eigenvalue weighted by Crippen LogP contribution is -2.38. The lowest BCUT2D eigenvalue weighted by atomic mass is 9.86. The average molecular weight is 266 g/mol. The van der Waals surface area contributed by atoms with Gasteiger partial charge in [0.15, 0.2) is 11.4 Å². The van der Waals surface area contributed by atoms with Crippen molar-refractivity contribution in [1.82, 2.24) is 20.2 Å². The van der Waals surface area contributed by atoms with Crippen LogP contribution in [0, 0.1) is 5.92 Å². The standard InChI is InChI=1S/C13H22N4O2/c1-13(2,12(18)19)17-11(14-15-16-17)9-8-10-6-4-3-5-7-10/h10H,3-9H2,1-2H3,(H,18,19). The first-order chi connectivity index (χ1) is 9.01. The van der Waals surface area contributed by atoms with Crippen LogP contribution in [0.2, 0.25) is 0 Å². The predicted molar refractivity (Wildman–Crippen MR) is 69.7 cm³/mol. The van der Waals surface area contributed by atoms with Gasteiger partial charge in [0, 0.05) is 6.42 Å². The number of hydrogen-bond donors (Lipinski definition) is 1. The molecular formula is C13H22N4O2. The second-order valence-corrected chi connectivity index (χ2v) is 5.91. The first-order valence-corrected chi connectivity index (χ1v) is 7.03. The summed E-state index contributed by atoms with van der Waals surface area (Å²) in [6.07, 6.45) is 8.35. The molecule has 0 radical (unpaired) electrons. The molecule has 0 aliphatic heterocycles. The quantitative estimate of drug-likeness (QED) is 0.881. The first-order valence-electron chi connectivity index (χ1n) is 7.03. The Bertz CT molecular complexity index is 436. The van der Waals surface area contributed by atoms with Gasteiger partial charge in [-0.1, -0.05) is 32.1 Å². The zero-order valence-electron chi connectivity index (χ0n) is 11.7. The van der Waals surface area contributed by atoms with Crippen molar-refractivity contribution in [3.05, 3.63) is 5.82 Å². The molecule has 106 valence electrons. The molecule has 1 aromatic rings. The van der Waals surface area contributed by atoms with Crippen LogP contribution in [-0.4, -0.2) is 31.3 Å². The summed E-state index contributed by atoms with van der Waals surface area (Å²) in [6, 6.07) is 0. The molecule has 0 spiro atoms. The summed E-state index contributed by atoms with van der Waals surface area (Å²) in [6.45, 7) is 3.24.